The Morgan fingerprint density at radius 1 is 0.462 bits per heavy atom. The van der Waals surface area contributed by atoms with Gasteiger partial charge in [0.15, 0.2) is 8.07 Å². The van der Waals surface area contributed by atoms with Crippen LogP contribution in [0, 0.1) is 18.5 Å². The topological polar surface area (TPSA) is 35.9 Å². The van der Waals surface area contributed by atoms with E-state index in [0.29, 0.717) is 22.5 Å². The van der Waals surface area contributed by atoms with Crippen LogP contribution < -0.4 is 30.1 Å². The molecule has 0 N–H and O–H groups in total. The van der Waals surface area contributed by atoms with Crippen LogP contribution in [0.2, 0.25) is 0 Å². The molecule has 0 spiro atoms. The van der Waals surface area contributed by atoms with Crippen molar-refractivity contribution in [3.05, 3.63) is 332 Å². The van der Waals surface area contributed by atoms with Gasteiger partial charge in [-0.2, -0.15) is 18.2 Å². The summed E-state index contributed by atoms with van der Waals surface area (Å²) in [6.07, 6.45) is 5.17. The monoisotopic (exact) mass is 1420 g/mol. The van der Waals surface area contributed by atoms with Crippen molar-refractivity contribution in [2.45, 2.75) is 52.4 Å². The van der Waals surface area contributed by atoms with E-state index < -0.39 is 237 Å². The minimum Gasteiger partial charge on any atom is -0.510 e. The van der Waals surface area contributed by atoms with Crippen molar-refractivity contribution in [3.63, 3.8) is 0 Å². The van der Waals surface area contributed by atoms with Crippen LogP contribution in [0.4, 0.5) is 0 Å². The molecule has 0 fully saturated rings. The van der Waals surface area contributed by atoms with E-state index in [9.17, 15) is 26.0 Å². The maximum Gasteiger partial charge on any atom is 0.268 e. The van der Waals surface area contributed by atoms with Gasteiger partial charge in [-0.25, -0.2) is 4.98 Å². The number of rotatable bonds is 13. The Balaban J connectivity index is 0.0000120. The first-order valence-corrected chi connectivity index (χ1v) is 31.4. The van der Waals surface area contributed by atoms with Crippen LogP contribution in [-0.4, -0.2) is 22.2 Å². The number of benzene rings is 12. The van der Waals surface area contributed by atoms with Crippen molar-refractivity contribution < 1.29 is 68.8 Å². The van der Waals surface area contributed by atoms with Gasteiger partial charge in [0.25, 0.3) is 6.33 Å². The number of nitrogens with zero attached hydrogens (tertiary/aromatic N) is 4. The summed E-state index contributed by atoms with van der Waals surface area (Å²) in [6, 6.07) is 13.3. The standard InChI is InChI=1S/C86H68N4OSi.Pt/c1-85(2,3)67-45-42-62(43-46-67)63-44-49-79-81(55-63)88(69-30-24-31-70(57-69)91-71-47-48-77-76-38-22-23-40-78(76)90(80(77)58-71)83-56-68(50-51-87-83)86(4,5)6)59-89(79)84-75(66-53-64(60-26-12-7-13-27-60)52-65(54-66)61-28-14-8-15-29-61)39-25-41-82(84)92(72-32-16-9-17-33-72,73-34-18-10-19-35-73)74-36-20-11-21-37-74;/h7-56H,1-6H3;/q-2;/i7D,8D,9D,10D,11D,12D,13D,14D,15D,16D,17D,18D,19D,20D,21D,26D,27D,28D,29D,32D,33D,34D,35D,36D,37D,52D,53D,54D;. The van der Waals surface area contributed by atoms with Crippen molar-refractivity contribution in [2.24, 2.45) is 0 Å². The molecule has 0 aliphatic rings. The molecule has 454 valence electrons. The number of para-hydroxylation sites is 2. The number of fused-ring (bicyclic) bond motifs is 4. The van der Waals surface area contributed by atoms with E-state index in [1.165, 1.54) is 27.3 Å². The zero-order chi connectivity index (χ0) is 86.9. The molecule has 0 unspecified atom stereocenters. The van der Waals surface area contributed by atoms with Crippen molar-refractivity contribution in [3.8, 4) is 73.2 Å². The van der Waals surface area contributed by atoms with Crippen LogP contribution in [0.5, 0.6) is 11.5 Å². The molecular weight excluding hydrogens is 1330 g/mol. The molecule has 3 aromatic heterocycles. The van der Waals surface area contributed by atoms with Gasteiger partial charge in [0.1, 0.15) is 5.82 Å². The largest absolute Gasteiger partial charge is 0.510 e. The van der Waals surface area contributed by atoms with Gasteiger partial charge in [-0.3, -0.25) is 4.57 Å². The zero-order valence-electron chi connectivity index (χ0n) is 78.7. The molecular formula is C86H68N4OPtSi-2. The van der Waals surface area contributed by atoms with Crippen LogP contribution in [0.3, 0.4) is 0 Å². The minimum absolute atomic E-state index is 0. The average Bonchev–Trinajstić information content (AvgIpc) is 1.26. The Morgan fingerprint density at radius 2 is 1.02 bits per heavy atom. The average molecular weight is 1420 g/mol. The quantitative estimate of drug-likeness (QED) is 0.0499. The summed E-state index contributed by atoms with van der Waals surface area (Å²) in [4.78, 5) is 4.84. The Morgan fingerprint density at radius 3 is 1.63 bits per heavy atom. The first kappa shape index (κ1) is 36.1. The van der Waals surface area contributed by atoms with E-state index in [0.717, 1.165) is 27.4 Å². The Kier molecular flexibility index (Phi) is 9.62. The van der Waals surface area contributed by atoms with E-state index in [4.69, 9.17) is 22.1 Å². The number of hydrogen-bond donors (Lipinski definition) is 0. The number of hydrogen-bond acceptors (Lipinski definition) is 2. The molecule has 3 heterocycles. The molecule has 0 aliphatic heterocycles. The van der Waals surface area contributed by atoms with Gasteiger partial charge in [0.05, 0.1) is 55.1 Å². The molecule has 5 nitrogen and oxygen atoms in total. The molecule has 0 atom stereocenters. The molecule has 0 bridgehead atoms. The van der Waals surface area contributed by atoms with Crippen LogP contribution in [-0.2, 0) is 31.9 Å². The number of imidazole rings is 1. The van der Waals surface area contributed by atoms with Crippen LogP contribution in [0.25, 0.3) is 94.5 Å². The first-order chi connectivity index (χ1) is 56.5. The molecule has 7 heteroatoms. The predicted octanol–water partition coefficient (Wildman–Crippen LogP) is 18.2. The summed E-state index contributed by atoms with van der Waals surface area (Å²) >= 11 is 0. The summed E-state index contributed by atoms with van der Waals surface area (Å²) < 4.78 is 280. The molecule has 0 radical (unpaired) electrons. The van der Waals surface area contributed by atoms with Crippen molar-refractivity contribution in [2.75, 3.05) is 0 Å². The fourth-order valence-corrected chi connectivity index (χ4v) is 15.7. The summed E-state index contributed by atoms with van der Waals surface area (Å²) in [6.45, 7) is 12.4. The Labute approximate surface area is 600 Å². The van der Waals surface area contributed by atoms with Crippen LogP contribution >= 0.6 is 0 Å². The van der Waals surface area contributed by atoms with E-state index in [1.807, 2.05) is 92.1 Å². The second-order valence-electron chi connectivity index (χ2n) is 23.8. The van der Waals surface area contributed by atoms with Crippen molar-refractivity contribution >= 4 is 61.7 Å². The summed E-state index contributed by atoms with van der Waals surface area (Å²) in [5, 5.41) is -1.83. The third-order valence-corrected chi connectivity index (χ3v) is 20.4. The molecule has 0 aliphatic carbocycles. The van der Waals surface area contributed by atoms with Crippen molar-refractivity contribution in [1.82, 2.24) is 14.1 Å². The maximum atomic E-state index is 10.7. The fourth-order valence-electron chi connectivity index (χ4n) is 11.7. The Bertz CT molecular complexity index is 6570. The SMILES string of the molecule is [2H]c1c([2H])c([2H])c(-c2c([2H])c(-c3cccc([Si](c4c([2H])c([2H])c([2H])c([2H])c4[2H])(c4c([2H])c([2H])c([2H])c([2H])c4[2H])c4c([2H])c([2H])c([2H])c([2H])c4[2H])c3-[n+]3[c-]n(-c4[c-]c(Oc5[c-]c6c(cc5)c5ccccc5n6-c5cc(C(C)(C)C)ccn5)ccc4)c4cc(-c5ccc(C(C)(C)C)cc5)ccc43)c([2H])c(-c3c([2H])c([2H])c([2H])c([2H])c3[2H])c2[2H])c([2H])c1[2H].[Pt]. The molecule has 15 aromatic rings. The predicted molar refractivity (Wildman–Crippen MR) is 383 cm³/mol. The van der Waals surface area contributed by atoms with Gasteiger partial charge in [0, 0.05) is 44.3 Å². The number of pyridine rings is 1. The van der Waals surface area contributed by atoms with Crippen molar-refractivity contribution in [1.29, 1.82) is 0 Å². The molecule has 0 saturated heterocycles. The van der Waals surface area contributed by atoms with Gasteiger partial charge in [0.2, 0.25) is 0 Å². The molecule has 0 amide bonds. The fraction of sp³-hybridized carbons (Fsp3) is 0.0930. The Hall–Kier alpha value is -10.2. The van der Waals surface area contributed by atoms with E-state index >= 15 is 0 Å². The number of aromatic nitrogens is 4. The summed E-state index contributed by atoms with van der Waals surface area (Å²) in [5.41, 5.74) is -1.25. The minimum atomic E-state index is -6.46. The van der Waals surface area contributed by atoms with E-state index in [1.54, 1.807) is 48.7 Å². The molecule has 15 rings (SSSR count). The first-order valence-electron chi connectivity index (χ1n) is 43.4. The second-order valence-corrected chi connectivity index (χ2v) is 27.4. The molecule has 0 saturated carbocycles. The summed E-state index contributed by atoms with van der Waals surface area (Å²) in [5.74, 6) is 0.886. The second kappa shape index (κ2) is 24.8. The van der Waals surface area contributed by atoms with Gasteiger partial charge < -0.3 is 13.9 Å². The third kappa shape index (κ3) is 11.3. The molecule has 93 heavy (non-hydrogen) atoms. The van der Waals surface area contributed by atoms with Gasteiger partial charge >= 0.3 is 0 Å². The third-order valence-electron chi connectivity index (χ3n) is 16.2. The van der Waals surface area contributed by atoms with E-state index in [-0.39, 0.29) is 60.1 Å². The maximum absolute atomic E-state index is 10.7. The van der Waals surface area contributed by atoms with Gasteiger partial charge in [-0.1, -0.05) is 271 Å². The van der Waals surface area contributed by atoms with Gasteiger partial charge in [-0.05, 0) is 141 Å². The smallest absolute Gasteiger partial charge is 0.268 e. The normalized spacial score (nSPS) is 16.1. The van der Waals surface area contributed by atoms with Crippen LogP contribution in [0.15, 0.2) is 303 Å². The van der Waals surface area contributed by atoms with Gasteiger partial charge in [-0.15, -0.1) is 29.7 Å². The number of ether oxygens (including phenoxy) is 1. The van der Waals surface area contributed by atoms with E-state index in [2.05, 4.69) is 39.2 Å². The zero-order valence-corrected chi connectivity index (χ0v) is 54.0. The molecule has 12 aromatic carbocycles. The summed E-state index contributed by atoms with van der Waals surface area (Å²) in [7, 11) is -6.46. The van der Waals surface area contributed by atoms with Crippen LogP contribution in [0.1, 0.15) is 91.1 Å².